The summed E-state index contributed by atoms with van der Waals surface area (Å²) in [5.74, 6) is -0.182. The molecule has 0 saturated carbocycles. The van der Waals surface area contributed by atoms with E-state index >= 15 is 0 Å². The monoisotopic (exact) mass is 201 g/mol. The summed E-state index contributed by atoms with van der Waals surface area (Å²) in [4.78, 5) is 11.7. The van der Waals surface area contributed by atoms with Gasteiger partial charge in [-0.05, 0) is 6.92 Å². The van der Waals surface area contributed by atoms with Crippen molar-refractivity contribution in [3.8, 4) is 5.75 Å². The van der Waals surface area contributed by atoms with Crippen LogP contribution < -0.4 is 5.32 Å². The van der Waals surface area contributed by atoms with Crippen molar-refractivity contribution in [1.82, 2.24) is 5.32 Å². The van der Waals surface area contributed by atoms with E-state index in [2.05, 4.69) is 5.32 Å². The predicted molar refractivity (Wildman–Crippen MR) is 50.0 cm³/mol. The smallest absolute Gasteiger partial charge is 0.261 e. The van der Waals surface area contributed by atoms with Crippen LogP contribution in [-0.2, 0) is 0 Å². The van der Waals surface area contributed by atoms with Crippen molar-refractivity contribution in [1.29, 1.82) is 0 Å². The molecule has 0 saturated heterocycles. The largest absolute Gasteiger partial charge is 0.507 e. The molecule has 0 aliphatic heterocycles. The van der Waals surface area contributed by atoms with Crippen LogP contribution in [0.4, 0.5) is 0 Å². The predicted octanol–water partition coefficient (Wildman–Crippen LogP) is 0.564. The number of rotatable bonds is 3. The number of hydrogen-bond acceptors (Lipinski definition) is 4. The summed E-state index contributed by atoms with van der Waals surface area (Å²) in [6, 6.07) is 1.39. The fraction of sp³-hybridized carbons (Fsp3) is 0.375. The molecule has 4 nitrogen and oxygen atoms in total. The lowest BCUT2D eigenvalue weighted by atomic mass is 10.4. The second kappa shape index (κ2) is 4.25. The van der Waals surface area contributed by atoms with Gasteiger partial charge in [-0.2, -0.15) is 0 Å². The number of aliphatic hydroxyl groups excluding tert-OH is 1. The van der Waals surface area contributed by atoms with Gasteiger partial charge in [0.05, 0.1) is 11.0 Å². The van der Waals surface area contributed by atoms with Gasteiger partial charge in [-0.25, -0.2) is 0 Å². The van der Waals surface area contributed by atoms with Gasteiger partial charge in [0.2, 0.25) is 0 Å². The highest BCUT2D eigenvalue weighted by Crippen LogP contribution is 2.19. The Labute approximate surface area is 79.8 Å². The van der Waals surface area contributed by atoms with E-state index in [0.717, 1.165) is 0 Å². The molecule has 0 bridgehead atoms. The number of thiophene rings is 1. The van der Waals surface area contributed by atoms with Gasteiger partial charge in [0.1, 0.15) is 5.75 Å². The van der Waals surface area contributed by atoms with Crippen LogP contribution in [0.3, 0.4) is 0 Å². The van der Waals surface area contributed by atoms with E-state index in [-0.39, 0.29) is 18.2 Å². The number of aliphatic hydroxyl groups is 1. The Hall–Kier alpha value is -1.07. The van der Waals surface area contributed by atoms with E-state index in [4.69, 9.17) is 10.2 Å². The van der Waals surface area contributed by atoms with Gasteiger partial charge < -0.3 is 15.5 Å². The highest BCUT2D eigenvalue weighted by molar-refractivity contribution is 7.12. The molecule has 1 atom stereocenters. The maximum atomic E-state index is 11.2. The van der Waals surface area contributed by atoms with Crippen molar-refractivity contribution in [3.63, 3.8) is 0 Å². The Morgan fingerprint density at radius 1 is 1.77 bits per heavy atom. The first-order valence-electron chi connectivity index (χ1n) is 3.83. The third kappa shape index (κ3) is 3.04. The molecule has 3 N–H and O–H groups in total. The molecule has 0 spiro atoms. The topological polar surface area (TPSA) is 69.6 Å². The molecule has 1 amide bonds. The number of nitrogens with one attached hydrogen (secondary N) is 1. The van der Waals surface area contributed by atoms with Gasteiger partial charge in [0, 0.05) is 18.0 Å². The van der Waals surface area contributed by atoms with E-state index in [1.807, 2.05) is 0 Å². The molecule has 1 aromatic rings. The molecule has 1 aromatic heterocycles. The molecule has 5 heteroatoms. The second-order valence-electron chi connectivity index (χ2n) is 2.73. The van der Waals surface area contributed by atoms with Crippen LogP contribution in [-0.4, -0.2) is 28.8 Å². The number of hydrogen-bond donors (Lipinski definition) is 3. The Balaban J connectivity index is 2.49. The van der Waals surface area contributed by atoms with Gasteiger partial charge >= 0.3 is 0 Å². The van der Waals surface area contributed by atoms with E-state index in [1.165, 1.54) is 22.8 Å². The fourth-order valence-electron chi connectivity index (χ4n) is 0.773. The fourth-order valence-corrected chi connectivity index (χ4v) is 1.46. The summed E-state index contributed by atoms with van der Waals surface area (Å²) in [6.45, 7) is 1.81. The first-order chi connectivity index (χ1) is 6.09. The minimum Gasteiger partial charge on any atom is -0.507 e. The minimum atomic E-state index is -0.558. The maximum absolute atomic E-state index is 11.2. The third-order valence-corrected chi connectivity index (χ3v) is 2.28. The molecule has 1 rings (SSSR count). The SMILES string of the molecule is CC(O)CNC(=O)c1cc(O)cs1. The first kappa shape index (κ1) is 10.0. The van der Waals surface area contributed by atoms with Crippen LogP contribution in [0.5, 0.6) is 5.75 Å². The highest BCUT2D eigenvalue weighted by atomic mass is 32.1. The van der Waals surface area contributed by atoms with Gasteiger partial charge in [-0.1, -0.05) is 0 Å². The zero-order valence-corrected chi connectivity index (χ0v) is 7.97. The van der Waals surface area contributed by atoms with Crippen LogP contribution in [0.1, 0.15) is 16.6 Å². The molecule has 0 fully saturated rings. The van der Waals surface area contributed by atoms with Crippen LogP contribution in [0.2, 0.25) is 0 Å². The Kier molecular flexibility index (Phi) is 3.27. The lowest BCUT2D eigenvalue weighted by molar-refractivity contribution is 0.0928. The van der Waals surface area contributed by atoms with Gasteiger partial charge in [-0.3, -0.25) is 4.79 Å². The van der Waals surface area contributed by atoms with Gasteiger partial charge in [-0.15, -0.1) is 11.3 Å². The molecule has 1 unspecified atom stereocenters. The second-order valence-corrected chi connectivity index (χ2v) is 3.64. The zero-order chi connectivity index (χ0) is 9.84. The molecule has 72 valence electrons. The molecule has 0 aliphatic rings. The maximum Gasteiger partial charge on any atom is 0.261 e. The molecular weight excluding hydrogens is 190 g/mol. The molecule has 0 aromatic carbocycles. The summed E-state index contributed by atoms with van der Waals surface area (Å²) in [6.07, 6.45) is -0.558. The lowest BCUT2D eigenvalue weighted by Gasteiger charge is -2.04. The van der Waals surface area contributed by atoms with Gasteiger partial charge in [0.15, 0.2) is 0 Å². The van der Waals surface area contributed by atoms with Crippen molar-refractivity contribution in [2.45, 2.75) is 13.0 Å². The van der Waals surface area contributed by atoms with Crippen molar-refractivity contribution in [3.05, 3.63) is 16.3 Å². The average molecular weight is 201 g/mol. The van der Waals surface area contributed by atoms with Crippen LogP contribution >= 0.6 is 11.3 Å². The summed E-state index contributed by atoms with van der Waals surface area (Å²) in [5, 5.41) is 21.9. The Bertz CT molecular complexity index is 295. The quantitative estimate of drug-likeness (QED) is 0.669. The average Bonchev–Trinajstić information content (AvgIpc) is 2.47. The summed E-state index contributed by atoms with van der Waals surface area (Å²) >= 11 is 1.17. The third-order valence-electron chi connectivity index (χ3n) is 1.37. The standard InChI is InChI=1S/C8H11NO3S/c1-5(10)3-9-8(12)7-2-6(11)4-13-7/h2,4-5,10-11H,3H2,1H3,(H,9,12). The van der Waals surface area contributed by atoms with E-state index in [1.54, 1.807) is 6.92 Å². The van der Waals surface area contributed by atoms with Crippen LogP contribution in [0, 0.1) is 0 Å². The van der Waals surface area contributed by atoms with Crippen molar-refractivity contribution in [2.75, 3.05) is 6.54 Å². The number of amides is 1. The Morgan fingerprint density at radius 2 is 2.46 bits per heavy atom. The molecular formula is C8H11NO3S. The summed E-state index contributed by atoms with van der Waals surface area (Å²) in [5.41, 5.74) is 0. The van der Waals surface area contributed by atoms with E-state index < -0.39 is 6.10 Å². The minimum absolute atomic E-state index is 0.0900. The van der Waals surface area contributed by atoms with Gasteiger partial charge in [0.25, 0.3) is 5.91 Å². The van der Waals surface area contributed by atoms with E-state index in [9.17, 15) is 4.79 Å². The van der Waals surface area contributed by atoms with E-state index in [0.29, 0.717) is 4.88 Å². The Morgan fingerprint density at radius 3 is 2.92 bits per heavy atom. The first-order valence-corrected chi connectivity index (χ1v) is 4.71. The molecule has 13 heavy (non-hydrogen) atoms. The molecule has 1 heterocycles. The number of carbonyl (C=O) groups is 1. The summed E-state index contributed by atoms with van der Waals surface area (Å²) < 4.78 is 0. The highest BCUT2D eigenvalue weighted by Gasteiger charge is 2.08. The van der Waals surface area contributed by atoms with Crippen molar-refractivity contribution >= 4 is 17.2 Å². The van der Waals surface area contributed by atoms with Crippen molar-refractivity contribution < 1.29 is 15.0 Å². The van der Waals surface area contributed by atoms with Crippen LogP contribution in [0.15, 0.2) is 11.4 Å². The molecule has 0 aliphatic carbocycles. The molecule has 0 radical (unpaired) electrons. The van der Waals surface area contributed by atoms with Crippen LogP contribution in [0.25, 0.3) is 0 Å². The normalized spacial score (nSPS) is 12.5. The number of carbonyl (C=O) groups excluding carboxylic acids is 1. The summed E-state index contributed by atoms with van der Waals surface area (Å²) in [7, 11) is 0. The van der Waals surface area contributed by atoms with Crippen molar-refractivity contribution in [2.24, 2.45) is 0 Å². The zero-order valence-electron chi connectivity index (χ0n) is 7.15. The number of aromatic hydroxyl groups is 1. The lowest BCUT2D eigenvalue weighted by Crippen LogP contribution is -2.29.